The normalized spacial score (nSPS) is 13.6. The number of nitrogens with zero attached hydrogens (tertiary/aromatic N) is 3. The maximum absolute atomic E-state index is 11.1. The van der Waals surface area contributed by atoms with Gasteiger partial charge in [-0.05, 0) is 18.9 Å². The zero-order valence-electron chi connectivity index (χ0n) is 12.8. The summed E-state index contributed by atoms with van der Waals surface area (Å²) in [5.41, 5.74) is 1.09. The van der Waals surface area contributed by atoms with E-state index in [1.54, 1.807) is 24.9 Å². The van der Waals surface area contributed by atoms with Crippen molar-refractivity contribution in [2.45, 2.75) is 13.3 Å². The molecule has 0 saturated heterocycles. The third-order valence-corrected chi connectivity index (χ3v) is 2.70. The van der Waals surface area contributed by atoms with Crippen molar-refractivity contribution < 1.29 is 9.53 Å². The maximum atomic E-state index is 11.1. The second kappa shape index (κ2) is 8.91. The van der Waals surface area contributed by atoms with E-state index in [4.69, 9.17) is 4.74 Å². The van der Waals surface area contributed by atoms with E-state index >= 15 is 0 Å². The molecule has 2 rings (SSSR count). The van der Waals surface area contributed by atoms with E-state index < -0.39 is 0 Å². The van der Waals surface area contributed by atoms with Crippen LogP contribution in [0.2, 0.25) is 0 Å². The number of rotatable bonds is 4. The van der Waals surface area contributed by atoms with Gasteiger partial charge < -0.3 is 15.4 Å². The molecule has 0 saturated carbocycles. The summed E-state index contributed by atoms with van der Waals surface area (Å²) in [5, 5.41) is 9.81. The molecule has 2 N–H and O–H groups in total. The average molecular weight is 293 g/mol. The Bertz CT molecular complexity index is 507. The molecule has 0 atom stereocenters. The highest BCUT2D eigenvalue weighted by atomic mass is 16.5. The predicted molar refractivity (Wildman–Crippen MR) is 82.8 cm³/mol. The Kier molecular flexibility index (Phi) is 7.17. The number of allylic oxidation sites excluding steroid dienone is 1. The van der Waals surface area contributed by atoms with Crippen molar-refractivity contribution in [2.75, 3.05) is 32.1 Å². The Hall–Kier alpha value is -2.15. The van der Waals surface area contributed by atoms with Gasteiger partial charge in [-0.25, -0.2) is 4.68 Å². The monoisotopic (exact) mass is 293 g/mol. The Morgan fingerprint density at radius 3 is 2.90 bits per heavy atom. The molecule has 1 amide bonds. The van der Waals surface area contributed by atoms with Gasteiger partial charge in [-0.1, -0.05) is 12.2 Å². The topological polar surface area (TPSA) is 81.1 Å². The van der Waals surface area contributed by atoms with Crippen LogP contribution in [0.4, 0.5) is 5.95 Å². The lowest BCUT2D eigenvalue weighted by Gasteiger charge is -2.09. The number of carbonyl (C=O) groups is 1. The highest BCUT2D eigenvalue weighted by Crippen LogP contribution is 2.19. The van der Waals surface area contributed by atoms with Crippen LogP contribution in [0, 0.1) is 0 Å². The SMILES string of the molecule is C=CC.CNC(=O)CNc1nc(C2=CCOCC2)nn1C. The van der Waals surface area contributed by atoms with Gasteiger partial charge >= 0.3 is 0 Å². The molecule has 0 aromatic carbocycles. The summed E-state index contributed by atoms with van der Waals surface area (Å²) in [6, 6.07) is 0. The molecule has 0 fully saturated rings. The van der Waals surface area contributed by atoms with Gasteiger partial charge in [-0.2, -0.15) is 4.98 Å². The number of hydrogen-bond acceptors (Lipinski definition) is 5. The molecule has 0 spiro atoms. The Morgan fingerprint density at radius 1 is 1.62 bits per heavy atom. The van der Waals surface area contributed by atoms with Gasteiger partial charge in [0.2, 0.25) is 11.9 Å². The van der Waals surface area contributed by atoms with Crippen LogP contribution in [-0.2, 0) is 16.6 Å². The molecule has 2 heterocycles. The summed E-state index contributed by atoms with van der Waals surface area (Å²) < 4.78 is 6.88. The van der Waals surface area contributed by atoms with Crippen LogP contribution in [0.25, 0.3) is 5.57 Å². The first-order chi connectivity index (χ1) is 10.1. The van der Waals surface area contributed by atoms with Gasteiger partial charge in [0, 0.05) is 14.1 Å². The fraction of sp³-hybridized carbons (Fsp3) is 0.500. The second-order valence-corrected chi connectivity index (χ2v) is 4.37. The van der Waals surface area contributed by atoms with Gasteiger partial charge in [-0.3, -0.25) is 4.79 Å². The molecule has 1 aromatic rings. The molecule has 1 aliphatic heterocycles. The fourth-order valence-electron chi connectivity index (χ4n) is 1.65. The molecule has 0 unspecified atom stereocenters. The molecule has 1 aliphatic rings. The van der Waals surface area contributed by atoms with Crippen molar-refractivity contribution in [3.8, 4) is 0 Å². The molecule has 1 aromatic heterocycles. The van der Waals surface area contributed by atoms with E-state index in [0.29, 0.717) is 25.0 Å². The summed E-state index contributed by atoms with van der Waals surface area (Å²) in [6.07, 6.45) is 4.56. The third-order valence-electron chi connectivity index (χ3n) is 2.70. The Labute approximate surface area is 125 Å². The number of likely N-dealkylation sites (N-methyl/N-ethyl adjacent to an activating group) is 1. The van der Waals surface area contributed by atoms with Crippen LogP contribution in [0.15, 0.2) is 18.7 Å². The first kappa shape index (κ1) is 16.9. The van der Waals surface area contributed by atoms with Crippen molar-refractivity contribution in [3.63, 3.8) is 0 Å². The van der Waals surface area contributed by atoms with Crippen molar-refractivity contribution in [1.29, 1.82) is 0 Å². The average Bonchev–Trinajstić information content (AvgIpc) is 2.87. The van der Waals surface area contributed by atoms with Gasteiger partial charge in [0.1, 0.15) is 0 Å². The summed E-state index contributed by atoms with van der Waals surface area (Å²) in [7, 11) is 3.39. The smallest absolute Gasteiger partial charge is 0.239 e. The molecular formula is C14H23N5O2. The lowest BCUT2D eigenvalue weighted by Crippen LogP contribution is -2.27. The minimum atomic E-state index is -0.0927. The van der Waals surface area contributed by atoms with Gasteiger partial charge in [0.25, 0.3) is 0 Å². The summed E-state index contributed by atoms with van der Waals surface area (Å²) >= 11 is 0. The maximum Gasteiger partial charge on any atom is 0.239 e. The second-order valence-electron chi connectivity index (χ2n) is 4.37. The number of carbonyl (C=O) groups excluding carboxylic acids is 1. The summed E-state index contributed by atoms with van der Waals surface area (Å²) in [5.74, 6) is 1.19. The highest BCUT2D eigenvalue weighted by Gasteiger charge is 2.14. The van der Waals surface area contributed by atoms with E-state index in [1.165, 1.54) is 0 Å². The van der Waals surface area contributed by atoms with Gasteiger partial charge in [-0.15, -0.1) is 11.7 Å². The standard InChI is InChI=1S/C11H17N5O2.C3H6/c1-12-9(17)7-13-11-14-10(15-16(11)2)8-3-5-18-6-4-8;1-3-2/h3H,4-7H2,1-2H3,(H,12,17)(H,13,14,15);3H,1H2,2H3. The van der Waals surface area contributed by atoms with Crippen LogP contribution in [-0.4, -0.2) is 47.5 Å². The predicted octanol–water partition coefficient (Wildman–Crippen LogP) is 0.969. The first-order valence-electron chi connectivity index (χ1n) is 6.82. The van der Waals surface area contributed by atoms with Crippen molar-refractivity contribution >= 4 is 17.4 Å². The van der Waals surface area contributed by atoms with Crippen molar-refractivity contribution in [1.82, 2.24) is 20.1 Å². The number of amides is 1. The summed E-state index contributed by atoms with van der Waals surface area (Å²) in [4.78, 5) is 15.5. The molecule has 7 nitrogen and oxygen atoms in total. The summed E-state index contributed by atoms with van der Waals surface area (Å²) in [6.45, 7) is 6.74. The Morgan fingerprint density at radius 2 is 2.33 bits per heavy atom. The first-order valence-corrected chi connectivity index (χ1v) is 6.82. The van der Waals surface area contributed by atoms with E-state index in [9.17, 15) is 4.79 Å². The fourth-order valence-corrected chi connectivity index (χ4v) is 1.65. The minimum Gasteiger partial charge on any atom is -0.377 e. The van der Waals surface area contributed by atoms with Crippen LogP contribution in [0.5, 0.6) is 0 Å². The molecular weight excluding hydrogens is 270 g/mol. The van der Waals surface area contributed by atoms with Crippen LogP contribution < -0.4 is 10.6 Å². The number of aryl methyl sites for hydroxylation is 1. The van der Waals surface area contributed by atoms with Gasteiger partial charge in [0.15, 0.2) is 5.82 Å². The van der Waals surface area contributed by atoms with E-state index in [1.807, 2.05) is 13.0 Å². The molecule has 0 aliphatic carbocycles. The molecule has 116 valence electrons. The number of hydrogen-bond donors (Lipinski definition) is 2. The van der Waals surface area contributed by atoms with Gasteiger partial charge in [0.05, 0.1) is 19.8 Å². The van der Waals surface area contributed by atoms with E-state index in [-0.39, 0.29) is 12.5 Å². The van der Waals surface area contributed by atoms with Crippen LogP contribution in [0.3, 0.4) is 0 Å². The Balaban J connectivity index is 0.000000677. The lowest BCUT2D eigenvalue weighted by atomic mass is 10.1. The van der Waals surface area contributed by atoms with Crippen LogP contribution in [0.1, 0.15) is 19.2 Å². The molecule has 0 radical (unpaired) electrons. The van der Waals surface area contributed by atoms with E-state index in [2.05, 4.69) is 27.3 Å². The molecule has 7 heteroatoms. The van der Waals surface area contributed by atoms with Crippen molar-refractivity contribution in [3.05, 3.63) is 24.6 Å². The van der Waals surface area contributed by atoms with E-state index in [0.717, 1.165) is 12.0 Å². The highest BCUT2D eigenvalue weighted by molar-refractivity contribution is 5.79. The number of ether oxygens (including phenoxy) is 1. The third kappa shape index (κ3) is 5.39. The van der Waals surface area contributed by atoms with Crippen molar-refractivity contribution in [2.24, 2.45) is 7.05 Å². The largest absolute Gasteiger partial charge is 0.377 e. The number of aromatic nitrogens is 3. The lowest BCUT2D eigenvalue weighted by molar-refractivity contribution is -0.118. The zero-order valence-corrected chi connectivity index (χ0v) is 12.8. The number of anilines is 1. The number of nitrogens with one attached hydrogen (secondary N) is 2. The zero-order chi connectivity index (χ0) is 15.7. The minimum absolute atomic E-state index is 0.0927. The molecule has 0 bridgehead atoms. The van der Waals surface area contributed by atoms with Crippen LogP contribution >= 0.6 is 0 Å². The quantitative estimate of drug-likeness (QED) is 0.809. The molecule has 21 heavy (non-hydrogen) atoms.